The molecule has 0 N–H and O–H groups in total. The maximum absolute atomic E-state index is 13.4. The molecule has 7 heteroatoms. The van der Waals surface area contributed by atoms with E-state index in [0.717, 1.165) is 37.5 Å². The molecule has 142 valence electrons. The Balaban J connectivity index is 2.07. The third-order valence-corrected chi connectivity index (χ3v) is 5.72. The lowest BCUT2D eigenvalue weighted by atomic mass is 10.1. The number of hydrogen-bond donors (Lipinski definition) is 0. The molecular formula is C20H24FN5S. The first kappa shape index (κ1) is 19.6. The highest BCUT2D eigenvalue weighted by Gasteiger charge is 2.23. The van der Waals surface area contributed by atoms with Gasteiger partial charge in [-0.15, -0.1) is 0 Å². The molecule has 1 aliphatic heterocycles. The highest BCUT2D eigenvalue weighted by atomic mass is 32.2. The topological polar surface area (TPSA) is 56.1 Å². The summed E-state index contributed by atoms with van der Waals surface area (Å²) in [6.07, 6.45) is 0. The summed E-state index contributed by atoms with van der Waals surface area (Å²) >= 11 is 1.60. The second-order valence-electron chi connectivity index (χ2n) is 7.17. The van der Waals surface area contributed by atoms with Crippen LogP contribution in [0.15, 0.2) is 29.4 Å². The lowest BCUT2D eigenvalue weighted by molar-refractivity contribution is 0.311. The van der Waals surface area contributed by atoms with Crippen LogP contribution in [0.1, 0.15) is 19.4 Å². The highest BCUT2D eigenvalue weighted by Crippen LogP contribution is 2.32. The molecular weight excluding hydrogens is 361 g/mol. The van der Waals surface area contributed by atoms with E-state index in [1.165, 1.54) is 12.1 Å². The van der Waals surface area contributed by atoms with Gasteiger partial charge in [-0.1, -0.05) is 25.6 Å². The summed E-state index contributed by atoms with van der Waals surface area (Å²) in [5.74, 6) is 1.79. The van der Waals surface area contributed by atoms with E-state index in [1.54, 1.807) is 23.9 Å². The summed E-state index contributed by atoms with van der Waals surface area (Å²) in [6.45, 7) is 7.79. The number of hydrogen-bond acceptors (Lipinski definition) is 6. The number of nitriles is 1. The molecule has 0 spiro atoms. The molecule has 2 heterocycles. The quantitative estimate of drug-likeness (QED) is 0.578. The van der Waals surface area contributed by atoms with Crippen LogP contribution in [0, 0.1) is 23.1 Å². The Morgan fingerprint density at radius 3 is 2.41 bits per heavy atom. The standard InChI is InChI=1S/C20H24FN5S/c1-14(2)13-27-20-23-18(15-4-6-16(21)7-5-15)17(12-22)19(24-20)26-10-8-25(3)9-11-26/h4-7,14H,8-11,13H2,1-3H3. The Bertz CT molecular complexity index is 824. The molecule has 0 radical (unpaired) electrons. The van der Waals surface area contributed by atoms with Crippen molar-refractivity contribution in [2.75, 3.05) is 43.9 Å². The monoisotopic (exact) mass is 385 g/mol. The Morgan fingerprint density at radius 2 is 1.81 bits per heavy atom. The number of likely N-dealkylation sites (N-methyl/N-ethyl adjacent to an activating group) is 1. The first-order valence-electron chi connectivity index (χ1n) is 9.12. The molecule has 1 saturated heterocycles. The van der Waals surface area contributed by atoms with E-state index in [1.807, 2.05) is 0 Å². The van der Waals surface area contributed by atoms with Crippen molar-refractivity contribution < 1.29 is 4.39 Å². The van der Waals surface area contributed by atoms with Crippen LogP contribution in [0.4, 0.5) is 10.2 Å². The Morgan fingerprint density at radius 1 is 1.15 bits per heavy atom. The Labute approximate surface area is 164 Å². The number of aromatic nitrogens is 2. The van der Waals surface area contributed by atoms with E-state index in [2.05, 4.69) is 41.7 Å². The summed E-state index contributed by atoms with van der Waals surface area (Å²) in [7, 11) is 2.09. The molecule has 1 aliphatic rings. The van der Waals surface area contributed by atoms with Crippen LogP contribution < -0.4 is 4.90 Å². The molecule has 5 nitrogen and oxygen atoms in total. The van der Waals surface area contributed by atoms with Gasteiger partial charge in [0.2, 0.25) is 0 Å². The van der Waals surface area contributed by atoms with Gasteiger partial charge in [0.05, 0.1) is 5.69 Å². The average molecular weight is 386 g/mol. The second-order valence-corrected chi connectivity index (χ2v) is 8.15. The summed E-state index contributed by atoms with van der Waals surface area (Å²) in [5.41, 5.74) is 1.77. The summed E-state index contributed by atoms with van der Waals surface area (Å²) in [6, 6.07) is 8.43. The molecule has 0 unspecified atom stereocenters. The largest absolute Gasteiger partial charge is 0.353 e. The zero-order valence-corrected chi connectivity index (χ0v) is 16.8. The first-order valence-corrected chi connectivity index (χ1v) is 10.1. The minimum Gasteiger partial charge on any atom is -0.353 e. The van der Waals surface area contributed by atoms with Crippen molar-refractivity contribution >= 4 is 17.6 Å². The molecule has 1 aromatic heterocycles. The predicted molar refractivity (Wildman–Crippen MR) is 107 cm³/mol. The van der Waals surface area contributed by atoms with Gasteiger partial charge in [-0.05, 0) is 37.2 Å². The number of piperazine rings is 1. The summed E-state index contributed by atoms with van der Waals surface area (Å²) in [5, 5.41) is 10.5. The number of halogens is 1. The molecule has 3 rings (SSSR count). The van der Waals surface area contributed by atoms with Gasteiger partial charge in [0.1, 0.15) is 17.4 Å². The predicted octanol–water partition coefficient (Wildman–Crippen LogP) is 3.65. The van der Waals surface area contributed by atoms with Crippen LogP contribution >= 0.6 is 11.8 Å². The first-order chi connectivity index (χ1) is 13.0. The van der Waals surface area contributed by atoms with Crippen molar-refractivity contribution in [3.63, 3.8) is 0 Å². The van der Waals surface area contributed by atoms with Gasteiger partial charge in [0.15, 0.2) is 11.0 Å². The normalized spacial score (nSPS) is 15.2. The van der Waals surface area contributed by atoms with E-state index in [-0.39, 0.29) is 5.82 Å². The molecule has 0 bridgehead atoms. The molecule has 1 fully saturated rings. The lowest BCUT2D eigenvalue weighted by Crippen LogP contribution is -2.45. The fourth-order valence-corrected chi connectivity index (χ4v) is 3.69. The maximum Gasteiger partial charge on any atom is 0.190 e. The summed E-state index contributed by atoms with van der Waals surface area (Å²) in [4.78, 5) is 13.8. The van der Waals surface area contributed by atoms with Gasteiger partial charge < -0.3 is 9.80 Å². The molecule has 0 atom stereocenters. The molecule has 27 heavy (non-hydrogen) atoms. The van der Waals surface area contributed by atoms with Gasteiger partial charge in [-0.2, -0.15) is 5.26 Å². The zero-order valence-electron chi connectivity index (χ0n) is 15.9. The molecule has 0 saturated carbocycles. The minimum absolute atomic E-state index is 0.306. The Kier molecular flexibility index (Phi) is 6.30. The van der Waals surface area contributed by atoms with Crippen LogP contribution in [0.5, 0.6) is 0 Å². The molecule has 1 aromatic carbocycles. The van der Waals surface area contributed by atoms with Gasteiger partial charge in [0.25, 0.3) is 0 Å². The van der Waals surface area contributed by atoms with Crippen molar-refractivity contribution in [1.82, 2.24) is 14.9 Å². The molecule has 0 aliphatic carbocycles. The van der Waals surface area contributed by atoms with Crippen LogP contribution in [0.2, 0.25) is 0 Å². The summed E-state index contributed by atoms with van der Waals surface area (Å²) < 4.78 is 13.4. The van der Waals surface area contributed by atoms with Crippen LogP contribution in [0.3, 0.4) is 0 Å². The van der Waals surface area contributed by atoms with Crippen LogP contribution in [-0.4, -0.2) is 53.8 Å². The van der Waals surface area contributed by atoms with E-state index in [4.69, 9.17) is 4.98 Å². The fourth-order valence-electron chi connectivity index (χ4n) is 2.90. The average Bonchev–Trinajstić information content (AvgIpc) is 2.67. The second kappa shape index (κ2) is 8.68. The van der Waals surface area contributed by atoms with Crippen molar-refractivity contribution in [2.24, 2.45) is 5.92 Å². The minimum atomic E-state index is -0.306. The fraction of sp³-hybridized carbons (Fsp3) is 0.450. The number of nitrogens with zero attached hydrogens (tertiary/aromatic N) is 5. The third-order valence-electron chi connectivity index (χ3n) is 4.45. The third kappa shape index (κ3) is 4.76. The van der Waals surface area contributed by atoms with Crippen molar-refractivity contribution in [1.29, 1.82) is 5.26 Å². The number of benzene rings is 1. The van der Waals surface area contributed by atoms with Gasteiger partial charge in [-0.3, -0.25) is 0 Å². The van der Waals surface area contributed by atoms with Gasteiger partial charge in [0, 0.05) is 37.5 Å². The van der Waals surface area contributed by atoms with E-state index in [0.29, 0.717) is 28.1 Å². The maximum atomic E-state index is 13.4. The smallest absolute Gasteiger partial charge is 0.190 e. The van der Waals surface area contributed by atoms with Crippen molar-refractivity contribution in [2.45, 2.75) is 19.0 Å². The van der Waals surface area contributed by atoms with E-state index >= 15 is 0 Å². The van der Waals surface area contributed by atoms with E-state index < -0.39 is 0 Å². The number of anilines is 1. The highest BCUT2D eigenvalue weighted by molar-refractivity contribution is 7.99. The van der Waals surface area contributed by atoms with Crippen LogP contribution in [-0.2, 0) is 0 Å². The SMILES string of the molecule is CC(C)CSc1nc(-c2ccc(F)cc2)c(C#N)c(N2CCN(C)CC2)n1. The number of rotatable bonds is 5. The Hall–Kier alpha value is -2.17. The molecule has 2 aromatic rings. The zero-order chi connectivity index (χ0) is 19.4. The van der Waals surface area contributed by atoms with Crippen LogP contribution in [0.25, 0.3) is 11.3 Å². The lowest BCUT2D eigenvalue weighted by Gasteiger charge is -2.34. The van der Waals surface area contributed by atoms with Crippen molar-refractivity contribution in [3.8, 4) is 17.3 Å². The molecule has 0 amide bonds. The van der Waals surface area contributed by atoms with Gasteiger partial charge >= 0.3 is 0 Å². The number of thioether (sulfide) groups is 1. The van der Waals surface area contributed by atoms with Gasteiger partial charge in [-0.25, -0.2) is 14.4 Å². The van der Waals surface area contributed by atoms with Crippen molar-refractivity contribution in [3.05, 3.63) is 35.6 Å². The van der Waals surface area contributed by atoms with E-state index in [9.17, 15) is 9.65 Å².